The first-order valence-corrected chi connectivity index (χ1v) is 17.0. The largest absolute Gasteiger partial charge is 0.444 e. The zero-order chi connectivity index (χ0) is 36.4. The van der Waals surface area contributed by atoms with E-state index >= 15 is 0 Å². The van der Waals surface area contributed by atoms with Crippen LogP contribution in [-0.2, 0) is 25.5 Å². The second-order valence-electron chi connectivity index (χ2n) is 13.8. The van der Waals surface area contributed by atoms with Crippen LogP contribution in [0.25, 0.3) is 11.1 Å². The summed E-state index contributed by atoms with van der Waals surface area (Å²) in [5, 5.41) is 11.5. The van der Waals surface area contributed by atoms with Crippen molar-refractivity contribution in [2.75, 3.05) is 24.2 Å². The van der Waals surface area contributed by atoms with Gasteiger partial charge in [-0.25, -0.2) is 14.8 Å². The summed E-state index contributed by atoms with van der Waals surface area (Å²) in [5.41, 5.74) is 5.05. The summed E-state index contributed by atoms with van der Waals surface area (Å²) in [4.78, 5) is 63.9. The van der Waals surface area contributed by atoms with Gasteiger partial charge in [0.25, 0.3) is 0 Å². The van der Waals surface area contributed by atoms with Gasteiger partial charge in [0, 0.05) is 56.0 Å². The minimum atomic E-state index is -0.845. The molecular formula is C38H49N7O5. The number of carbonyl (C=O) groups excluding carboxylic acids is 4. The van der Waals surface area contributed by atoms with Gasteiger partial charge in [-0.1, -0.05) is 36.4 Å². The van der Waals surface area contributed by atoms with Crippen LogP contribution in [0.4, 0.5) is 16.4 Å². The fourth-order valence-electron chi connectivity index (χ4n) is 5.89. The SMILES string of the molecule is CN=C(C)c1ccc(NC(=O)[C@H](Cc2cccc(-c3cnc(NC(C)=O)nc3C)c2)NC(=O)C2CCC(CNC(=O)OC(C)(C)C)CC2)cc1. The van der Waals surface area contributed by atoms with E-state index in [4.69, 9.17) is 4.74 Å². The van der Waals surface area contributed by atoms with Gasteiger partial charge >= 0.3 is 6.09 Å². The summed E-state index contributed by atoms with van der Waals surface area (Å²) in [6, 6.07) is 14.3. The first-order valence-electron chi connectivity index (χ1n) is 17.0. The van der Waals surface area contributed by atoms with Crippen LogP contribution in [0.1, 0.15) is 77.1 Å². The van der Waals surface area contributed by atoms with Crippen LogP contribution in [0.15, 0.2) is 59.7 Å². The number of alkyl carbamates (subject to hydrolysis) is 1. The molecule has 0 unspecified atom stereocenters. The molecule has 4 N–H and O–H groups in total. The van der Waals surface area contributed by atoms with E-state index in [0.29, 0.717) is 30.8 Å². The number of rotatable bonds is 11. The van der Waals surface area contributed by atoms with E-state index < -0.39 is 17.7 Å². The van der Waals surface area contributed by atoms with Crippen molar-refractivity contribution < 1.29 is 23.9 Å². The van der Waals surface area contributed by atoms with Crippen molar-refractivity contribution in [2.45, 2.75) is 85.3 Å². The molecule has 12 nitrogen and oxygen atoms in total. The first kappa shape index (κ1) is 37.7. The van der Waals surface area contributed by atoms with Crippen molar-refractivity contribution in [3.05, 3.63) is 71.5 Å². The Morgan fingerprint density at radius 3 is 2.30 bits per heavy atom. The number of aromatic nitrogens is 2. The van der Waals surface area contributed by atoms with Gasteiger partial charge in [-0.15, -0.1) is 0 Å². The third kappa shape index (κ3) is 11.2. The number of aliphatic imine (C=N–C) groups is 1. The van der Waals surface area contributed by atoms with Crippen molar-refractivity contribution in [3.63, 3.8) is 0 Å². The fraction of sp³-hybridized carbons (Fsp3) is 0.447. The summed E-state index contributed by atoms with van der Waals surface area (Å²) in [5.74, 6) is -0.512. The standard InChI is InChI=1S/C38H49N7O5/c1-23(39-7)28-15-17-31(18-16-28)44-35(48)33(45-34(47)29-13-11-26(12-14-29)21-41-37(49)50-38(4,5)6)20-27-9-8-10-30(19-27)32-22-40-36(42-24(32)2)43-25(3)46/h8-10,15-19,22,26,29,33H,11-14,20-21H2,1-7H3,(H,41,49)(H,44,48)(H,45,47)(H,40,42,43,46)/t26?,29?,33-/m0/s1. The molecule has 1 aliphatic rings. The Morgan fingerprint density at radius 1 is 0.980 bits per heavy atom. The van der Waals surface area contributed by atoms with Gasteiger partial charge in [0.15, 0.2) is 0 Å². The maximum Gasteiger partial charge on any atom is 0.407 e. The Hall–Kier alpha value is -5.13. The normalized spacial score (nSPS) is 16.9. The molecule has 266 valence electrons. The third-order valence-corrected chi connectivity index (χ3v) is 8.64. The van der Waals surface area contributed by atoms with Gasteiger partial charge in [-0.3, -0.25) is 24.7 Å². The minimum Gasteiger partial charge on any atom is -0.444 e. The predicted molar refractivity (Wildman–Crippen MR) is 195 cm³/mol. The van der Waals surface area contributed by atoms with Crippen LogP contribution >= 0.6 is 0 Å². The lowest BCUT2D eigenvalue weighted by Crippen LogP contribution is -2.48. The number of carbonyl (C=O) groups is 4. The zero-order valence-electron chi connectivity index (χ0n) is 30.1. The van der Waals surface area contributed by atoms with E-state index in [9.17, 15) is 19.2 Å². The quantitative estimate of drug-likeness (QED) is 0.184. The van der Waals surface area contributed by atoms with Crippen LogP contribution < -0.4 is 21.3 Å². The second-order valence-corrected chi connectivity index (χ2v) is 13.8. The number of ether oxygens (including phenoxy) is 1. The number of aryl methyl sites for hydroxylation is 1. The molecule has 1 saturated carbocycles. The highest BCUT2D eigenvalue weighted by Gasteiger charge is 2.30. The Bertz CT molecular complexity index is 1710. The molecular weight excluding hydrogens is 634 g/mol. The first-order chi connectivity index (χ1) is 23.7. The van der Waals surface area contributed by atoms with Gasteiger partial charge in [0.05, 0.1) is 5.69 Å². The zero-order valence-corrected chi connectivity index (χ0v) is 30.1. The van der Waals surface area contributed by atoms with Gasteiger partial charge in [0.2, 0.25) is 23.7 Å². The van der Waals surface area contributed by atoms with Gasteiger partial charge < -0.3 is 20.7 Å². The van der Waals surface area contributed by atoms with Crippen molar-refractivity contribution in [1.82, 2.24) is 20.6 Å². The maximum atomic E-state index is 13.8. The molecule has 1 aromatic heterocycles. The molecule has 0 radical (unpaired) electrons. The molecule has 0 bridgehead atoms. The molecule has 1 heterocycles. The number of nitrogens with zero attached hydrogens (tertiary/aromatic N) is 3. The topological polar surface area (TPSA) is 164 Å². The molecule has 2 aromatic carbocycles. The summed E-state index contributed by atoms with van der Waals surface area (Å²) in [7, 11) is 1.73. The second kappa shape index (κ2) is 17.0. The Labute approximate surface area is 294 Å². The van der Waals surface area contributed by atoms with Gasteiger partial charge in [-0.05, 0) is 95.0 Å². The van der Waals surface area contributed by atoms with E-state index in [2.05, 4.69) is 36.2 Å². The number of nitrogens with one attached hydrogen (secondary N) is 4. The number of amides is 4. The predicted octanol–water partition coefficient (Wildman–Crippen LogP) is 5.85. The lowest BCUT2D eigenvalue weighted by atomic mass is 9.81. The third-order valence-electron chi connectivity index (χ3n) is 8.64. The van der Waals surface area contributed by atoms with Crippen LogP contribution in [-0.4, -0.2) is 64.7 Å². The molecule has 1 atom stereocenters. The number of hydrogen-bond donors (Lipinski definition) is 4. The van der Waals surface area contributed by atoms with Crippen molar-refractivity contribution in [2.24, 2.45) is 16.8 Å². The molecule has 0 aliphatic heterocycles. The molecule has 0 spiro atoms. The van der Waals surface area contributed by atoms with Gasteiger partial charge in [0.1, 0.15) is 11.6 Å². The molecule has 12 heteroatoms. The fourth-order valence-corrected chi connectivity index (χ4v) is 5.89. The molecule has 4 rings (SSSR count). The average molecular weight is 684 g/mol. The summed E-state index contributed by atoms with van der Waals surface area (Å²) < 4.78 is 5.35. The van der Waals surface area contributed by atoms with E-state index in [1.165, 1.54) is 6.92 Å². The molecule has 1 aliphatic carbocycles. The monoisotopic (exact) mass is 683 g/mol. The van der Waals surface area contributed by atoms with Gasteiger partial charge in [-0.2, -0.15) is 0 Å². The highest BCUT2D eigenvalue weighted by atomic mass is 16.6. The van der Waals surface area contributed by atoms with Crippen LogP contribution in [0.2, 0.25) is 0 Å². The number of hydrogen-bond acceptors (Lipinski definition) is 8. The lowest BCUT2D eigenvalue weighted by molar-refractivity contribution is -0.130. The molecule has 0 saturated heterocycles. The van der Waals surface area contributed by atoms with Crippen molar-refractivity contribution in [3.8, 4) is 11.1 Å². The van der Waals surface area contributed by atoms with Crippen LogP contribution in [0.3, 0.4) is 0 Å². The minimum absolute atomic E-state index is 0.164. The summed E-state index contributed by atoms with van der Waals surface area (Å²) in [6.45, 7) is 11.1. The summed E-state index contributed by atoms with van der Waals surface area (Å²) in [6.07, 6.45) is 4.34. The maximum absolute atomic E-state index is 13.8. The smallest absolute Gasteiger partial charge is 0.407 e. The van der Waals surface area contributed by atoms with E-state index in [1.807, 2.05) is 83.1 Å². The Morgan fingerprint density at radius 2 is 1.68 bits per heavy atom. The van der Waals surface area contributed by atoms with E-state index in [1.54, 1.807) is 13.2 Å². The molecule has 50 heavy (non-hydrogen) atoms. The molecule has 3 aromatic rings. The summed E-state index contributed by atoms with van der Waals surface area (Å²) >= 11 is 0. The lowest BCUT2D eigenvalue weighted by Gasteiger charge is -2.29. The Kier molecular flexibility index (Phi) is 12.8. The van der Waals surface area contributed by atoms with E-state index in [0.717, 1.165) is 40.8 Å². The van der Waals surface area contributed by atoms with Crippen LogP contribution in [0, 0.1) is 18.8 Å². The number of benzene rings is 2. The highest BCUT2D eigenvalue weighted by Crippen LogP contribution is 2.29. The van der Waals surface area contributed by atoms with E-state index in [-0.39, 0.29) is 41.9 Å². The molecule has 1 fully saturated rings. The van der Waals surface area contributed by atoms with Crippen LogP contribution in [0.5, 0.6) is 0 Å². The van der Waals surface area contributed by atoms with Crippen molar-refractivity contribution in [1.29, 1.82) is 0 Å². The average Bonchev–Trinajstić information content (AvgIpc) is 3.06. The Balaban J connectivity index is 1.47. The van der Waals surface area contributed by atoms with Crippen molar-refractivity contribution >= 4 is 41.2 Å². The molecule has 4 amide bonds. The highest BCUT2D eigenvalue weighted by molar-refractivity contribution is 6.00. The number of anilines is 2.